The van der Waals surface area contributed by atoms with E-state index >= 15 is 0 Å². The lowest BCUT2D eigenvalue weighted by molar-refractivity contribution is 0.0697. The molecule has 0 saturated heterocycles. The second-order valence-electron chi connectivity index (χ2n) is 10.9. The SMILES string of the molecule is Cc1cc2c(cc1N(Cc1ccc(C(=O)O)cc1)Cc1cccc(F)c1)C(C)(C)CCC2(C)C. The first-order valence-electron chi connectivity index (χ1n) is 11.9. The van der Waals surface area contributed by atoms with Crippen LogP contribution in [0.5, 0.6) is 0 Å². The van der Waals surface area contributed by atoms with Crippen LogP contribution in [0.15, 0.2) is 60.7 Å². The Hall–Kier alpha value is -3.14. The van der Waals surface area contributed by atoms with Gasteiger partial charge in [0.25, 0.3) is 0 Å². The number of carboxylic acids is 1. The molecule has 0 aliphatic heterocycles. The maximum absolute atomic E-state index is 14.0. The van der Waals surface area contributed by atoms with Gasteiger partial charge < -0.3 is 10.0 Å². The summed E-state index contributed by atoms with van der Waals surface area (Å²) < 4.78 is 14.0. The predicted molar refractivity (Wildman–Crippen MR) is 136 cm³/mol. The molecule has 0 atom stereocenters. The van der Waals surface area contributed by atoms with E-state index < -0.39 is 5.97 Å². The molecule has 3 aromatic rings. The van der Waals surface area contributed by atoms with Crippen molar-refractivity contribution in [2.24, 2.45) is 0 Å². The van der Waals surface area contributed by atoms with E-state index in [2.05, 4.69) is 51.7 Å². The third-order valence-corrected chi connectivity index (χ3v) is 7.35. The van der Waals surface area contributed by atoms with Gasteiger partial charge >= 0.3 is 5.97 Å². The van der Waals surface area contributed by atoms with Crippen molar-refractivity contribution in [3.63, 3.8) is 0 Å². The highest BCUT2D eigenvalue weighted by molar-refractivity contribution is 5.87. The van der Waals surface area contributed by atoms with Crippen molar-refractivity contribution < 1.29 is 14.3 Å². The molecule has 0 amide bonds. The molecule has 3 nitrogen and oxygen atoms in total. The van der Waals surface area contributed by atoms with Gasteiger partial charge in [-0.15, -0.1) is 0 Å². The van der Waals surface area contributed by atoms with Crippen LogP contribution in [-0.4, -0.2) is 11.1 Å². The van der Waals surface area contributed by atoms with Gasteiger partial charge in [0.2, 0.25) is 0 Å². The van der Waals surface area contributed by atoms with Crippen LogP contribution in [0.25, 0.3) is 0 Å². The van der Waals surface area contributed by atoms with Crippen molar-refractivity contribution >= 4 is 11.7 Å². The number of benzene rings is 3. The minimum Gasteiger partial charge on any atom is -0.478 e. The number of carboxylic acid groups (broad SMARTS) is 1. The van der Waals surface area contributed by atoms with Gasteiger partial charge in [-0.05, 0) is 88.7 Å². The van der Waals surface area contributed by atoms with E-state index in [0.29, 0.717) is 13.1 Å². The second kappa shape index (κ2) is 8.90. The van der Waals surface area contributed by atoms with Gasteiger partial charge in [-0.2, -0.15) is 0 Å². The average molecular weight is 460 g/mol. The fourth-order valence-corrected chi connectivity index (χ4v) is 5.11. The van der Waals surface area contributed by atoms with Crippen LogP contribution in [0.3, 0.4) is 0 Å². The quantitative estimate of drug-likeness (QED) is 0.418. The number of fused-ring (bicyclic) bond motifs is 1. The molecule has 0 radical (unpaired) electrons. The summed E-state index contributed by atoms with van der Waals surface area (Å²) in [7, 11) is 0. The third-order valence-electron chi connectivity index (χ3n) is 7.35. The van der Waals surface area contributed by atoms with E-state index in [1.54, 1.807) is 24.3 Å². The molecule has 0 bridgehead atoms. The summed E-state index contributed by atoms with van der Waals surface area (Å²) in [5.41, 5.74) is 7.54. The Morgan fingerprint density at radius 1 is 0.882 bits per heavy atom. The molecule has 178 valence electrons. The van der Waals surface area contributed by atoms with Crippen LogP contribution in [0.4, 0.5) is 10.1 Å². The molecule has 0 aromatic heterocycles. The molecule has 0 saturated carbocycles. The van der Waals surface area contributed by atoms with Crippen molar-refractivity contribution in [2.75, 3.05) is 4.90 Å². The molecular formula is C30H34FNO2. The molecule has 1 aliphatic carbocycles. The highest BCUT2D eigenvalue weighted by Crippen LogP contribution is 2.47. The van der Waals surface area contributed by atoms with Crippen LogP contribution in [0, 0.1) is 12.7 Å². The number of hydrogen-bond donors (Lipinski definition) is 1. The minimum atomic E-state index is -0.932. The summed E-state index contributed by atoms with van der Waals surface area (Å²) in [5, 5.41) is 9.25. The number of rotatable bonds is 6. The molecule has 0 heterocycles. The van der Waals surface area contributed by atoms with E-state index in [9.17, 15) is 14.3 Å². The van der Waals surface area contributed by atoms with Gasteiger partial charge in [0, 0.05) is 18.8 Å². The first kappa shape index (κ1) is 24.0. The molecule has 0 spiro atoms. The number of hydrogen-bond acceptors (Lipinski definition) is 2. The fourth-order valence-electron chi connectivity index (χ4n) is 5.11. The van der Waals surface area contributed by atoms with E-state index in [1.165, 1.54) is 22.8 Å². The standard InChI is InChI=1S/C30H34FNO2/c1-20-15-25-26(30(4,5)14-13-29(25,2)3)17-27(20)32(19-22-7-6-8-24(31)16-22)18-21-9-11-23(12-10-21)28(33)34/h6-12,15-17H,13-14,18-19H2,1-5H3,(H,33,34). The minimum absolute atomic E-state index is 0.0843. The van der Waals surface area contributed by atoms with E-state index in [4.69, 9.17) is 0 Å². The maximum atomic E-state index is 14.0. The molecule has 34 heavy (non-hydrogen) atoms. The molecule has 1 aliphatic rings. The van der Waals surface area contributed by atoms with Crippen LogP contribution < -0.4 is 4.90 Å². The fraction of sp³-hybridized carbons (Fsp3) is 0.367. The maximum Gasteiger partial charge on any atom is 0.335 e. The lowest BCUT2D eigenvalue weighted by Crippen LogP contribution is -2.34. The Bertz CT molecular complexity index is 1210. The summed E-state index contributed by atoms with van der Waals surface area (Å²) in [6.07, 6.45) is 2.30. The van der Waals surface area contributed by atoms with Gasteiger partial charge in [0.05, 0.1) is 5.56 Å². The average Bonchev–Trinajstić information content (AvgIpc) is 2.77. The number of aromatic carboxylic acids is 1. The number of anilines is 1. The summed E-state index contributed by atoms with van der Waals surface area (Å²) in [5.74, 6) is -1.17. The molecule has 0 unspecified atom stereocenters. The molecule has 3 aromatic carbocycles. The molecule has 1 N–H and O–H groups in total. The molecule has 4 rings (SSSR count). The third kappa shape index (κ3) is 4.86. The molecular weight excluding hydrogens is 425 g/mol. The topological polar surface area (TPSA) is 40.5 Å². The Morgan fingerprint density at radius 2 is 1.47 bits per heavy atom. The predicted octanol–water partition coefficient (Wildman–Crippen LogP) is 7.39. The first-order chi connectivity index (χ1) is 16.0. The van der Waals surface area contributed by atoms with Crippen LogP contribution in [0.1, 0.15) is 78.7 Å². The monoisotopic (exact) mass is 459 g/mol. The smallest absolute Gasteiger partial charge is 0.335 e. The lowest BCUT2D eigenvalue weighted by Gasteiger charge is -2.43. The zero-order chi connectivity index (χ0) is 24.7. The molecule has 0 fully saturated rings. The van der Waals surface area contributed by atoms with Crippen molar-refractivity contribution in [3.8, 4) is 0 Å². The Kier molecular flexibility index (Phi) is 6.28. The highest BCUT2D eigenvalue weighted by atomic mass is 19.1. The zero-order valence-electron chi connectivity index (χ0n) is 20.8. The Labute approximate surface area is 202 Å². The van der Waals surface area contributed by atoms with Crippen LogP contribution in [-0.2, 0) is 23.9 Å². The summed E-state index contributed by atoms with van der Waals surface area (Å²) in [6, 6.07) is 18.4. The summed E-state index contributed by atoms with van der Waals surface area (Å²) in [6.45, 7) is 12.6. The van der Waals surface area contributed by atoms with Gasteiger partial charge in [0.1, 0.15) is 5.82 Å². The van der Waals surface area contributed by atoms with Gasteiger partial charge in [-0.3, -0.25) is 0 Å². The number of aryl methyl sites for hydroxylation is 1. The first-order valence-corrected chi connectivity index (χ1v) is 11.9. The summed E-state index contributed by atoms with van der Waals surface area (Å²) >= 11 is 0. The lowest BCUT2D eigenvalue weighted by atomic mass is 9.63. The molecule has 4 heteroatoms. The zero-order valence-corrected chi connectivity index (χ0v) is 20.8. The number of halogens is 1. The van der Waals surface area contributed by atoms with Crippen molar-refractivity contribution in [3.05, 3.63) is 99.9 Å². The van der Waals surface area contributed by atoms with E-state index in [-0.39, 0.29) is 22.2 Å². The second-order valence-corrected chi connectivity index (χ2v) is 10.9. The van der Waals surface area contributed by atoms with Gasteiger partial charge in [-0.1, -0.05) is 58.0 Å². The van der Waals surface area contributed by atoms with Crippen molar-refractivity contribution in [1.29, 1.82) is 0 Å². The summed E-state index contributed by atoms with van der Waals surface area (Å²) in [4.78, 5) is 13.6. The van der Waals surface area contributed by atoms with E-state index in [0.717, 1.165) is 29.7 Å². The van der Waals surface area contributed by atoms with E-state index in [1.807, 2.05) is 18.2 Å². The van der Waals surface area contributed by atoms with Crippen molar-refractivity contribution in [1.82, 2.24) is 0 Å². The normalized spacial score (nSPS) is 16.1. The van der Waals surface area contributed by atoms with Crippen LogP contribution in [0.2, 0.25) is 0 Å². The van der Waals surface area contributed by atoms with Gasteiger partial charge in [0.15, 0.2) is 0 Å². The number of carbonyl (C=O) groups is 1. The number of nitrogens with zero attached hydrogens (tertiary/aromatic N) is 1. The van der Waals surface area contributed by atoms with Crippen molar-refractivity contribution in [2.45, 2.75) is 71.4 Å². The Morgan fingerprint density at radius 3 is 2.06 bits per heavy atom. The Balaban J connectivity index is 1.78. The largest absolute Gasteiger partial charge is 0.478 e. The van der Waals surface area contributed by atoms with Crippen LogP contribution >= 0.6 is 0 Å². The highest BCUT2D eigenvalue weighted by Gasteiger charge is 2.37. The van der Waals surface area contributed by atoms with Gasteiger partial charge in [-0.25, -0.2) is 9.18 Å².